The highest BCUT2D eigenvalue weighted by molar-refractivity contribution is 6.32. The van der Waals surface area contributed by atoms with Gasteiger partial charge >= 0.3 is 0 Å². The van der Waals surface area contributed by atoms with Crippen molar-refractivity contribution >= 4 is 11.6 Å². The summed E-state index contributed by atoms with van der Waals surface area (Å²) in [5, 5.41) is 10.1. The fraction of sp³-hybridized carbons (Fsp3) is 0.400. The zero-order valence-electron chi connectivity index (χ0n) is 7.75. The van der Waals surface area contributed by atoms with Gasteiger partial charge < -0.3 is 9.84 Å². The molecular weight excluding hydrogens is 188 g/mol. The molecule has 0 aromatic heterocycles. The van der Waals surface area contributed by atoms with Gasteiger partial charge in [-0.1, -0.05) is 30.7 Å². The summed E-state index contributed by atoms with van der Waals surface area (Å²) in [6, 6.07) is 5.40. The van der Waals surface area contributed by atoms with Crippen LogP contribution in [-0.2, 0) is 0 Å². The lowest BCUT2D eigenvalue weighted by atomic mass is 10.1. The zero-order valence-corrected chi connectivity index (χ0v) is 8.51. The van der Waals surface area contributed by atoms with Gasteiger partial charge in [0.1, 0.15) is 5.75 Å². The second-order valence-electron chi connectivity index (χ2n) is 2.79. The number of aliphatic hydroxyl groups is 1. The minimum Gasteiger partial charge on any atom is -0.495 e. The van der Waals surface area contributed by atoms with Crippen molar-refractivity contribution in [3.05, 3.63) is 28.8 Å². The summed E-state index contributed by atoms with van der Waals surface area (Å²) >= 11 is 6.00. The molecule has 0 amide bonds. The Morgan fingerprint density at radius 2 is 2.23 bits per heavy atom. The van der Waals surface area contributed by atoms with E-state index in [9.17, 15) is 5.11 Å². The number of benzene rings is 1. The second kappa shape index (κ2) is 4.49. The predicted molar refractivity (Wildman–Crippen MR) is 53.3 cm³/mol. The first-order chi connectivity index (χ1) is 6.20. The van der Waals surface area contributed by atoms with Crippen molar-refractivity contribution < 1.29 is 9.84 Å². The summed E-state index contributed by atoms with van der Waals surface area (Å²) in [5.41, 5.74) is 0.725. The molecule has 1 aromatic rings. The van der Waals surface area contributed by atoms with Crippen LogP contribution >= 0.6 is 11.6 Å². The molecule has 0 fully saturated rings. The average molecular weight is 201 g/mol. The molecule has 1 rings (SSSR count). The second-order valence-corrected chi connectivity index (χ2v) is 3.17. The molecule has 0 radical (unpaired) electrons. The zero-order chi connectivity index (χ0) is 9.84. The lowest BCUT2D eigenvalue weighted by Gasteiger charge is -2.12. The van der Waals surface area contributed by atoms with Crippen molar-refractivity contribution in [1.29, 1.82) is 0 Å². The Balaban J connectivity index is 3.08. The molecular formula is C10H13ClO2. The van der Waals surface area contributed by atoms with Gasteiger partial charge in [-0.05, 0) is 12.5 Å². The third-order valence-corrected chi connectivity index (χ3v) is 2.36. The number of hydrogen-bond acceptors (Lipinski definition) is 2. The minimum atomic E-state index is -0.511. The highest BCUT2D eigenvalue weighted by Gasteiger charge is 2.12. The van der Waals surface area contributed by atoms with Crippen molar-refractivity contribution in [2.45, 2.75) is 19.4 Å². The van der Waals surface area contributed by atoms with Crippen molar-refractivity contribution in [2.24, 2.45) is 0 Å². The van der Waals surface area contributed by atoms with Crippen LogP contribution in [0.25, 0.3) is 0 Å². The van der Waals surface area contributed by atoms with E-state index >= 15 is 0 Å². The first-order valence-electron chi connectivity index (χ1n) is 4.21. The number of ether oxygens (including phenoxy) is 1. The number of hydrogen-bond donors (Lipinski definition) is 1. The molecule has 3 heteroatoms. The van der Waals surface area contributed by atoms with Crippen molar-refractivity contribution in [3.63, 3.8) is 0 Å². The van der Waals surface area contributed by atoms with E-state index in [1.165, 1.54) is 0 Å². The number of aliphatic hydroxyl groups excluding tert-OH is 1. The molecule has 0 bridgehead atoms. The fourth-order valence-corrected chi connectivity index (χ4v) is 1.49. The maximum atomic E-state index is 9.59. The number of methoxy groups -OCH3 is 1. The van der Waals surface area contributed by atoms with E-state index in [1.807, 2.05) is 13.0 Å². The predicted octanol–water partition coefficient (Wildman–Crippen LogP) is 2.79. The molecule has 0 aliphatic rings. The van der Waals surface area contributed by atoms with E-state index in [4.69, 9.17) is 16.3 Å². The van der Waals surface area contributed by atoms with Crippen LogP contribution < -0.4 is 4.74 Å². The van der Waals surface area contributed by atoms with E-state index in [-0.39, 0.29) is 0 Å². The van der Waals surface area contributed by atoms with Crippen LogP contribution in [0.3, 0.4) is 0 Å². The van der Waals surface area contributed by atoms with E-state index in [0.29, 0.717) is 17.2 Å². The molecule has 0 unspecified atom stereocenters. The Morgan fingerprint density at radius 3 is 2.77 bits per heavy atom. The van der Waals surface area contributed by atoms with Gasteiger partial charge in [-0.2, -0.15) is 0 Å². The van der Waals surface area contributed by atoms with E-state index in [2.05, 4.69) is 0 Å². The third kappa shape index (κ3) is 2.14. The topological polar surface area (TPSA) is 29.5 Å². The normalized spacial score (nSPS) is 12.6. The Hall–Kier alpha value is -0.730. The molecule has 0 saturated heterocycles. The van der Waals surface area contributed by atoms with E-state index in [0.717, 1.165) is 5.56 Å². The molecule has 0 aliphatic carbocycles. The summed E-state index contributed by atoms with van der Waals surface area (Å²) in [5.74, 6) is 0.603. The van der Waals surface area contributed by atoms with Gasteiger partial charge in [0.15, 0.2) is 0 Å². The van der Waals surface area contributed by atoms with Crippen molar-refractivity contribution in [1.82, 2.24) is 0 Å². The van der Waals surface area contributed by atoms with Gasteiger partial charge in [0.2, 0.25) is 0 Å². The summed E-state index contributed by atoms with van der Waals surface area (Å²) in [7, 11) is 1.56. The molecule has 1 aromatic carbocycles. The molecule has 2 nitrogen and oxygen atoms in total. The van der Waals surface area contributed by atoms with Crippen LogP contribution in [0.4, 0.5) is 0 Å². The monoisotopic (exact) mass is 200 g/mol. The lowest BCUT2D eigenvalue weighted by Crippen LogP contribution is -1.97. The van der Waals surface area contributed by atoms with E-state index < -0.39 is 6.10 Å². The highest BCUT2D eigenvalue weighted by Crippen LogP contribution is 2.32. The van der Waals surface area contributed by atoms with Gasteiger partial charge in [0, 0.05) is 5.56 Å². The van der Waals surface area contributed by atoms with Crippen LogP contribution in [-0.4, -0.2) is 12.2 Å². The standard InChI is InChI=1S/C10H13ClO2/c1-3-8(12)7-5-4-6-9(13-2)10(7)11/h4-6,8,12H,3H2,1-2H3/t8-/m0/s1. The Morgan fingerprint density at radius 1 is 1.54 bits per heavy atom. The summed E-state index contributed by atoms with van der Waals surface area (Å²) in [6.07, 6.45) is 0.134. The molecule has 1 atom stereocenters. The van der Waals surface area contributed by atoms with Crippen LogP contribution in [0, 0.1) is 0 Å². The van der Waals surface area contributed by atoms with Gasteiger partial charge in [-0.25, -0.2) is 0 Å². The molecule has 0 aliphatic heterocycles. The van der Waals surface area contributed by atoms with Crippen molar-refractivity contribution in [2.75, 3.05) is 7.11 Å². The number of rotatable bonds is 3. The van der Waals surface area contributed by atoms with Crippen LogP contribution in [0.5, 0.6) is 5.75 Å². The largest absolute Gasteiger partial charge is 0.495 e. The quantitative estimate of drug-likeness (QED) is 0.813. The molecule has 13 heavy (non-hydrogen) atoms. The third-order valence-electron chi connectivity index (χ3n) is 1.96. The molecule has 72 valence electrons. The first-order valence-corrected chi connectivity index (χ1v) is 4.59. The maximum Gasteiger partial charge on any atom is 0.137 e. The Kier molecular flexibility index (Phi) is 3.58. The van der Waals surface area contributed by atoms with E-state index in [1.54, 1.807) is 19.2 Å². The lowest BCUT2D eigenvalue weighted by molar-refractivity contribution is 0.173. The Bertz CT molecular complexity index is 286. The van der Waals surface area contributed by atoms with Gasteiger partial charge in [-0.15, -0.1) is 0 Å². The van der Waals surface area contributed by atoms with Gasteiger partial charge in [0.25, 0.3) is 0 Å². The van der Waals surface area contributed by atoms with Crippen LogP contribution in [0.15, 0.2) is 18.2 Å². The van der Waals surface area contributed by atoms with Crippen molar-refractivity contribution in [3.8, 4) is 5.75 Å². The maximum absolute atomic E-state index is 9.59. The SMILES string of the molecule is CC[C@H](O)c1cccc(OC)c1Cl. The highest BCUT2D eigenvalue weighted by atomic mass is 35.5. The van der Waals surface area contributed by atoms with Gasteiger partial charge in [-0.3, -0.25) is 0 Å². The smallest absolute Gasteiger partial charge is 0.137 e. The Labute approximate surface area is 83.1 Å². The number of halogens is 1. The molecule has 0 heterocycles. The average Bonchev–Trinajstić information content (AvgIpc) is 2.17. The summed E-state index contributed by atoms with van der Waals surface area (Å²) < 4.78 is 5.04. The van der Waals surface area contributed by atoms with Crippen LogP contribution in [0.1, 0.15) is 25.0 Å². The summed E-state index contributed by atoms with van der Waals surface area (Å²) in [4.78, 5) is 0. The fourth-order valence-electron chi connectivity index (χ4n) is 1.16. The summed E-state index contributed by atoms with van der Waals surface area (Å²) in [6.45, 7) is 1.90. The molecule has 1 N–H and O–H groups in total. The minimum absolute atomic E-state index is 0.499. The first kappa shape index (κ1) is 10.4. The molecule has 0 saturated carbocycles. The van der Waals surface area contributed by atoms with Gasteiger partial charge in [0.05, 0.1) is 18.2 Å². The van der Waals surface area contributed by atoms with Crippen LogP contribution in [0.2, 0.25) is 5.02 Å². The molecule has 0 spiro atoms.